The molecule has 0 atom stereocenters. The zero-order chi connectivity index (χ0) is 20.3. The van der Waals surface area contributed by atoms with Crippen LogP contribution in [0.3, 0.4) is 0 Å². The van der Waals surface area contributed by atoms with Crippen LogP contribution < -0.4 is 10.1 Å². The van der Waals surface area contributed by atoms with E-state index in [0.717, 1.165) is 16.9 Å². The molecule has 28 heavy (non-hydrogen) atoms. The van der Waals surface area contributed by atoms with Crippen molar-refractivity contribution < 1.29 is 27.8 Å². The van der Waals surface area contributed by atoms with Crippen molar-refractivity contribution in [3.63, 3.8) is 0 Å². The Labute approximate surface area is 158 Å². The third kappa shape index (κ3) is 3.93. The lowest BCUT2D eigenvalue weighted by molar-refractivity contribution is -0.137. The van der Waals surface area contributed by atoms with Gasteiger partial charge in [-0.2, -0.15) is 18.3 Å². The summed E-state index contributed by atoms with van der Waals surface area (Å²) in [7, 11) is 1.49. The van der Waals surface area contributed by atoms with Crippen LogP contribution in [0.1, 0.15) is 21.6 Å². The minimum atomic E-state index is -4.61. The molecular formula is C19H16F3N3O3. The average Bonchev–Trinajstić information content (AvgIpc) is 3.07. The smallest absolute Gasteiger partial charge is 0.418 e. The number of hydrogen-bond donors (Lipinski definition) is 2. The van der Waals surface area contributed by atoms with Crippen molar-refractivity contribution in [1.82, 2.24) is 15.1 Å². The standard InChI is InChI=1S/C19H16F3N3O3/c1-28-16-9-5-2-6-12(16)10-23-18(27)17-15(26)11-25(24-17)14-8-4-3-7-13(14)19(20,21)22/h2-9,11,26H,10H2,1H3,(H,23,27). The fourth-order valence-corrected chi connectivity index (χ4v) is 2.67. The Morgan fingerprint density at radius 3 is 2.57 bits per heavy atom. The third-order valence-electron chi connectivity index (χ3n) is 4.00. The van der Waals surface area contributed by atoms with E-state index in [0.29, 0.717) is 11.3 Å². The number of rotatable bonds is 5. The van der Waals surface area contributed by atoms with Gasteiger partial charge in [-0.1, -0.05) is 30.3 Å². The number of carbonyl (C=O) groups is 1. The Hall–Kier alpha value is -3.49. The number of nitrogens with one attached hydrogen (secondary N) is 1. The van der Waals surface area contributed by atoms with E-state index >= 15 is 0 Å². The van der Waals surface area contributed by atoms with Gasteiger partial charge in [-0.3, -0.25) is 4.79 Å². The maximum atomic E-state index is 13.2. The van der Waals surface area contributed by atoms with Gasteiger partial charge in [0.05, 0.1) is 24.6 Å². The van der Waals surface area contributed by atoms with Crippen molar-refractivity contribution in [3.8, 4) is 17.2 Å². The Bertz CT molecular complexity index is 999. The van der Waals surface area contributed by atoms with E-state index in [2.05, 4.69) is 10.4 Å². The predicted molar refractivity (Wildman–Crippen MR) is 94.4 cm³/mol. The van der Waals surface area contributed by atoms with Crippen molar-refractivity contribution in [2.24, 2.45) is 0 Å². The van der Waals surface area contributed by atoms with Gasteiger partial charge in [0, 0.05) is 12.1 Å². The molecule has 0 bridgehead atoms. The van der Waals surface area contributed by atoms with Crippen LogP contribution in [0.25, 0.3) is 5.69 Å². The number of methoxy groups -OCH3 is 1. The lowest BCUT2D eigenvalue weighted by Gasteiger charge is -2.12. The molecule has 0 spiro atoms. The van der Waals surface area contributed by atoms with Crippen molar-refractivity contribution in [3.05, 3.63) is 71.5 Å². The van der Waals surface area contributed by atoms with Crippen LogP contribution in [0.4, 0.5) is 13.2 Å². The molecule has 3 aromatic rings. The summed E-state index contributed by atoms with van der Waals surface area (Å²) in [5, 5.41) is 16.4. The third-order valence-corrected chi connectivity index (χ3v) is 4.00. The molecule has 3 rings (SSSR count). The second kappa shape index (κ2) is 7.63. The summed E-state index contributed by atoms with van der Waals surface area (Å²) in [6.45, 7) is 0.0916. The summed E-state index contributed by atoms with van der Waals surface area (Å²) in [6, 6.07) is 11.8. The molecule has 0 saturated carbocycles. The van der Waals surface area contributed by atoms with Gasteiger partial charge in [0.25, 0.3) is 5.91 Å². The van der Waals surface area contributed by atoms with Crippen molar-refractivity contribution in [2.75, 3.05) is 7.11 Å². The number of halogens is 3. The first-order valence-electron chi connectivity index (χ1n) is 8.16. The van der Waals surface area contributed by atoms with Crippen molar-refractivity contribution >= 4 is 5.91 Å². The first-order valence-corrected chi connectivity index (χ1v) is 8.16. The Balaban J connectivity index is 1.84. The van der Waals surface area contributed by atoms with Crippen LogP contribution in [-0.2, 0) is 12.7 Å². The summed E-state index contributed by atoms with van der Waals surface area (Å²) in [5.41, 5.74) is -0.917. The van der Waals surface area contributed by atoms with E-state index in [4.69, 9.17) is 4.74 Å². The number of aromatic hydroxyl groups is 1. The number of carbonyl (C=O) groups excluding carboxylic acids is 1. The highest BCUT2D eigenvalue weighted by molar-refractivity contribution is 5.94. The molecule has 0 fully saturated rings. The molecule has 0 radical (unpaired) electrons. The van der Waals surface area contributed by atoms with Crippen LogP contribution in [0.15, 0.2) is 54.7 Å². The SMILES string of the molecule is COc1ccccc1CNC(=O)c1nn(-c2ccccc2C(F)(F)F)cc1O. The van der Waals surface area contributed by atoms with Gasteiger partial charge in [-0.15, -0.1) is 0 Å². The van der Waals surface area contributed by atoms with E-state index in [1.54, 1.807) is 24.3 Å². The molecule has 0 saturated heterocycles. The predicted octanol–water partition coefficient (Wildman–Crippen LogP) is 3.54. The highest BCUT2D eigenvalue weighted by atomic mass is 19.4. The molecule has 146 valence electrons. The maximum absolute atomic E-state index is 13.2. The van der Waals surface area contributed by atoms with Gasteiger partial charge in [0.15, 0.2) is 11.4 Å². The maximum Gasteiger partial charge on any atom is 0.418 e. The first-order chi connectivity index (χ1) is 13.3. The van der Waals surface area contributed by atoms with Crippen LogP contribution in [-0.4, -0.2) is 27.9 Å². The lowest BCUT2D eigenvalue weighted by Crippen LogP contribution is -2.24. The molecule has 9 heteroatoms. The summed E-state index contributed by atoms with van der Waals surface area (Å²) >= 11 is 0. The number of aromatic nitrogens is 2. The number of para-hydroxylation sites is 2. The van der Waals surface area contributed by atoms with E-state index in [1.165, 1.54) is 25.3 Å². The van der Waals surface area contributed by atoms with E-state index in [9.17, 15) is 23.1 Å². The Kier molecular flexibility index (Phi) is 5.25. The molecular weight excluding hydrogens is 375 g/mol. The molecule has 1 heterocycles. The second-order valence-corrected chi connectivity index (χ2v) is 5.82. The van der Waals surface area contributed by atoms with Gasteiger partial charge in [0.1, 0.15) is 5.75 Å². The molecule has 2 N–H and O–H groups in total. The van der Waals surface area contributed by atoms with Gasteiger partial charge in [0.2, 0.25) is 0 Å². The van der Waals surface area contributed by atoms with Gasteiger partial charge >= 0.3 is 6.18 Å². The van der Waals surface area contributed by atoms with Crippen LogP contribution in [0, 0.1) is 0 Å². The van der Waals surface area contributed by atoms with E-state index < -0.39 is 23.4 Å². The lowest BCUT2D eigenvalue weighted by atomic mass is 10.2. The molecule has 0 aliphatic heterocycles. The van der Waals surface area contributed by atoms with Crippen LogP contribution in [0.2, 0.25) is 0 Å². The van der Waals surface area contributed by atoms with Crippen LogP contribution >= 0.6 is 0 Å². The number of hydrogen-bond acceptors (Lipinski definition) is 4. The molecule has 0 unspecified atom stereocenters. The molecule has 2 aromatic carbocycles. The number of benzene rings is 2. The Morgan fingerprint density at radius 1 is 1.18 bits per heavy atom. The molecule has 6 nitrogen and oxygen atoms in total. The first kappa shape index (κ1) is 19.3. The normalized spacial score (nSPS) is 11.3. The fourth-order valence-electron chi connectivity index (χ4n) is 2.67. The number of amides is 1. The second-order valence-electron chi connectivity index (χ2n) is 5.82. The molecule has 1 amide bonds. The number of ether oxygens (including phenoxy) is 1. The number of alkyl halides is 3. The molecule has 1 aromatic heterocycles. The number of nitrogens with zero attached hydrogens (tertiary/aromatic N) is 2. The minimum Gasteiger partial charge on any atom is -0.504 e. The summed E-state index contributed by atoms with van der Waals surface area (Å²) in [5.74, 6) is -0.696. The largest absolute Gasteiger partial charge is 0.504 e. The van der Waals surface area contributed by atoms with E-state index in [-0.39, 0.29) is 17.9 Å². The summed E-state index contributed by atoms with van der Waals surface area (Å²) in [6.07, 6.45) is -3.65. The van der Waals surface area contributed by atoms with Gasteiger partial charge < -0.3 is 15.2 Å². The monoisotopic (exact) mass is 391 g/mol. The topological polar surface area (TPSA) is 76.4 Å². The van der Waals surface area contributed by atoms with Gasteiger partial charge in [-0.05, 0) is 18.2 Å². The molecule has 0 aliphatic rings. The van der Waals surface area contributed by atoms with Crippen LogP contribution in [0.5, 0.6) is 11.5 Å². The minimum absolute atomic E-state index is 0.0916. The fraction of sp³-hybridized carbons (Fsp3) is 0.158. The summed E-state index contributed by atoms with van der Waals surface area (Å²) < 4.78 is 45.6. The average molecular weight is 391 g/mol. The molecule has 0 aliphatic carbocycles. The summed E-state index contributed by atoms with van der Waals surface area (Å²) in [4.78, 5) is 12.4. The highest BCUT2D eigenvalue weighted by Gasteiger charge is 2.34. The van der Waals surface area contributed by atoms with Gasteiger partial charge in [-0.25, -0.2) is 4.68 Å². The van der Waals surface area contributed by atoms with Crippen molar-refractivity contribution in [2.45, 2.75) is 12.7 Å². The van der Waals surface area contributed by atoms with E-state index in [1.807, 2.05) is 0 Å². The van der Waals surface area contributed by atoms with Crippen molar-refractivity contribution in [1.29, 1.82) is 0 Å². The Morgan fingerprint density at radius 2 is 1.86 bits per heavy atom. The quantitative estimate of drug-likeness (QED) is 0.698. The zero-order valence-electron chi connectivity index (χ0n) is 14.7. The zero-order valence-corrected chi connectivity index (χ0v) is 14.7. The highest BCUT2D eigenvalue weighted by Crippen LogP contribution is 2.34.